The predicted molar refractivity (Wildman–Crippen MR) is 98.0 cm³/mol. The molecule has 0 radical (unpaired) electrons. The van der Waals surface area contributed by atoms with E-state index in [9.17, 15) is 9.59 Å². The van der Waals surface area contributed by atoms with Crippen LogP contribution in [0.25, 0.3) is 10.4 Å². The summed E-state index contributed by atoms with van der Waals surface area (Å²) in [5.74, 6) is -0.675. The first kappa shape index (κ1) is 16.4. The number of amides is 1. The van der Waals surface area contributed by atoms with E-state index >= 15 is 0 Å². The average molecular weight is 357 g/mol. The predicted octanol–water partition coefficient (Wildman–Crippen LogP) is 4.91. The van der Waals surface area contributed by atoms with Gasteiger partial charge in [-0.25, -0.2) is 4.79 Å². The molecule has 3 rings (SSSR count). The van der Waals surface area contributed by atoms with Gasteiger partial charge in [0.15, 0.2) is 0 Å². The van der Waals surface area contributed by atoms with Crippen molar-refractivity contribution in [2.45, 2.75) is 6.92 Å². The molecule has 122 valence electrons. The number of thiophene rings is 2. The van der Waals surface area contributed by atoms with Crippen LogP contribution in [0.4, 0.5) is 5.00 Å². The van der Waals surface area contributed by atoms with Gasteiger partial charge in [-0.15, -0.1) is 22.7 Å². The first-order valence-electron chi connectivity index (χ1n) is 7.39. The second-order valence-electron chi connectivity index (χ2n) is 4.87. The summed E-state index contributed by atoms with van der Waals surface area (Å²) < 4.78 is 5.17. The highest BCUT2D eigenvalue weighted by Crippen LogP contribution is 2.38. The summed E-state index contributed by atoms with van der Waals surface area (Å²) >= 11 is 2.87. The molecule has 0 fully saturated rings. The molecule has 0 unspecified atom stereocenters. The van der Waals surface area contributed by atoms with Gasteiger partial charge in [0, 0.05) is 21.4 Å². The van der Waals surface area contributed by atoms with Crippen molar-refractivity contribution in [3.63, 3.8) is 0 Å². The third kappa shape index (κ3) is 3.39. The molecule has 0 saturated carbocycles. The fourth-order valence-electron chi connectivity index (χ4n) is 2.23. The Balaban J connectivity index is 1.96. The van der Waals surface area contributed by atoms with Crippen molar-refractivity contribution < 1.29 is 14.3 Å². The number of esters is 1. The molecule has 0 saturated heterocycles. The monoisotopic (exact) mass is 357 g/mol. The molecule has 1 amide bonds. The fraction of sp³-hybridized carbons (Fsp3) is 0.111. The lowest BCUT2D eigenvalue weighted by atomic mass is 10.1. The SMILES string of the molecule is CCOC(=O)c1c(-c2cccs2)csc1NC(=O)c1ccccc1. The van der Waals surface area contributed by atoms with Crippen molar-refractivity contribution in [3.8, 4) is 10.4 Å². The Kier molecular flexibility index (Phi) is 5.08. The maximum Gasteiger partial charge on any atom is 0.341 e. The van der Waals surface area contributed by atoms with Gasteiger partial charge in [-0.05, 0) is 30.5 Å². The van der Waals surface area contributed by atoms with Crippen LogP contribution in [-0.2, 0) is 4.74 Å². The number of carbonyl (C=O) groups is 2. The zero-order valence-electron chi connectivity index (χ0n) is 12.9. The van der Waals surface area contributed by atoms with Crippen molar-refractivity contribution in [3.05, 3.63) is 64.4 Å². The molecule has 1 N–H and O–H groups in total. The molecule has 0 aliphatic heterocycles. The zero-order chi connectivity index (χ0) is 16.9. The Labute approximate surface area is 147 Å². The van der Waals surface area contributed by atoms with Crippen molar-refractivity contribution in [1.29, 1.82) is 0 Å². The maximum absolute atomic E-state index is 12.4. The van der Waals surface area contributed by atoms with Crippen molar-refractivity contribution >= 4 is 39.6 Å². The van der Waals surface area contributed by atoms with E-state index in [2.05, 4.69) is 5.32 Å². The minimum Gasteiger partial charge on any atom is -0.462 e. The van der Waals surface area contributed by atoms with E-state index in [0.717, 1.165) is 10.4 Å². The summed E-state index contributed by atoms with van der Waals surface area (Å²) in [6.07, 6.45) is 0. The number of carbonyl (C=O) groups excluding carboxylic acids is 2. The van der Waals surface area contributed by atoms with Crippen LogP contribution >= 0.6 is 22.7 Å². The Hall–Kier alpha value is -2.44. The molecule has 0 aliphatic rings. The number of hydrogen-bond donors (Lipinski definition) is 1. The van der Waals surface area contributed by atoms with E-state index in [-0.39, 0.29) is 12.5 Å². The standard InChI is InChI=1S/C18H15NO3S2/c1-2-22-18(21)15-13(14-9-6-10-23-14)11-24-17(15)19-16(20)12-7-4-3-5-8-12/h3-11H,2H2,1H3,(H,19,20). The molecule has 2 heterocycles. The third-order valence-electron chi connectivity index (χ3n) is 3.32. The van der Waals surface area contributed by atoms with Crippen LogP contribution in [-0.4, -0.2) is 18.5 Å². The number of benzene rings is 1. The van der Waals surface area contributed by atoms with E-state index in [1.807, 2.05) is 29.0 Å². The van der Waals surface area contributed by atoms with Crippen LogP contribution in [0, 0.1) is 0 Å². The summed E-state index contributed by atoms with van der Waals surface area (Å²) in [5, 5.41) is 7.16. The van der Waals surface area contributed by atoms with Crippen LogP contribution < -0.4 is 5.32 Å². The number of hydrogen-bond acceptors (Lipinski definition) is 5. The van der Waals surface area contributed by atoms with Gasteiger partial charge in [0.05, 0.1) is 6.61 Å². The van der Waals surface area contributed by atoms with Gasteiger partial charge < -0.3 is 10.1 Å². The van der Waals surface area contributed by atoms with Gasteiger partial charge in [0.25, 0.3) is 5.91 Å². The smallest absolute Gasteiger partial charge is 0.341 e. The number of rotatable bonds is 5. The van der Waals surface area contributed by atoms with E-state index in [1.165, 1.54) is 11.3 Å². The zero-order valence-corrected chi connectivity index (χ0v) is 14.6. The van der Waals surface area contributed by atoms with Gasteiger partial charge in [0.2, 0.25) is 0 Å². The topological polar surface area (TPSA) is 55.4 Å². The summed E-state index contributed by atoms with van der Waals surface area (Å²) in [5.41, 5.74) is 1.74. The lowest BCUT2D eigenvalue weighted by Gasteiger charge is -2.08. The second-order valence-corrected chi connectivity index (χ2v) is 6.70. The largest absolute Gasteiger partial charge is 0.462 e. The van der Waals surface area contributed by atoms with Crippen molar-refractivity contribution in [2.24, 2.45) is 0 Å². The normalized spacial score (nSPS) is 10.4. The minimum absolute atomic E-state index is 0.249. The molecule has 1 aromatic carbocycles. The Morgan fingerprint density at radius 2 is 1.88 bits per heavy atom. The second kappa shape index (κ2) is 7.42. The third-order valence-corrected chi connectivity index (χ3v) is 5.12. The Morgan fingerprint density at radius 1 is 1.08 bits per heavy atom. The number of ether oxygens (including phenoxy) is 1. The maximum atomic E-state index is 12.4. The van der Waals surface area contributed by atoms with Gasteiger partial charge in [-0.3, -0.25) is 4.79 Å². The highest BCUT2D eigenvalue weighted by atomic mass is 32.1. The quantitative estimate of drug-likeness (QED) is 0.660. The Morgan fingerprint density at radius 3 is 2.54 bits per heavy atom. The highest BCUT2D eigenvalue weighted by molar-refractivity contribution is 7.17. The lowest BCUT2D eigenvalue weighted by Crippen LogP contribution is -2.14. The van der Waals surface area contributed by atoms with E-state index < -0.39 is 5.97 Å². The molecule has 3 aromatic rings. The molecule has 2 aromatic heterocycles. The highest BCUT2D eigenvalue weighted by Gasteiger charge is 2.23. The Bertz CT molecular complexity index is 839. The molecule has 24 heavy (non-hydrogen) atoms. The molecule has 0 bridgehead atoms. The van der Waals surface area contributed by atoms with Crippen LogP contribution in [0.15, 0.2) is 53.2 Å². The molecule has 0 aliphatic carbocycles. The van der Waals surface area contributed by atoms with E-state index in [1.54, 1.807) is 42.5 Å². The molecular formula is C18H15NO3S2. The summed E-state index contributed by atoms with van der Waals surface area (Å²) in [6, 6.07) is 12.8. The fourth-order valence-corrected chi connectivity index (χ4v) is 4.00. The first-order valence-corrected chi connectivity index (χ1v) is 9.15. The van der Waals surface area contributed by atoms with Crippen molar-refractivity contribution in [2.75, 3.05) is 11.9 Å². The molecule has 0 spiro atoms. The molecular weight excluding hydrogens is 342 g/mol. The van der Waals surface area contributed by atoms with Gasteiger partial charge in [-0.2, -0.15) is 0 Å². The van der Waals surface area contributed by atoms with Gasteiger partial charge in [-0.1, -0.05) is 24.3 Å². The summed E-state index contributed by atoms with van der Waals surface area (Å²) in [4.78, 5) is 25.8. The van der Waals surface area contributed by atoms with Crippen LogP contribution in [0.2, 0.25) is 0 Å². The van der Waals surface area contributed by atoms with Crippen LogP contribution in [0.1, 0.15) is 27.6 Å². The number of nitrogens with one attached hydrogen (secondary N) is 1. The van der Waals surface area contributed by atoms with E-state index in [0.29, 0.717) is 16.1 Å². The molecule has 0 atom stereocenters. The summed E-state index contributed by atoms with van der Waals surface area (Å²) in [7, 11) is 0. The van der Waals surface area contributed by atoms with Crippen LogP contribution in [0.5, 0.6) is 0 Å². The molecule has 4 nitrogen and oxygen atoms in total. The van der Waals surface area contributed by atoms with Crippen LogP contribution in [0.3, 0.4) is 0 Å². The van der Waals surface area contributed by atoms with E-state index in [4.69, 9.17) is 4.74 Å². The van der Waals surface area contributed by atoms with Crippen molar-refractivity contribution in [1.82, 2.24) is 0 Å². The number of anilines is 1. The minimum atomic E-state index is -0.425. The molecule has 6 heteroatoms. The van der Waals surface area contributed by atoms with Gasteiger partial charge >= 0.3 is 5.97 Å². The summed E-state index contributed by atoms with van der Waals surface area (Å²) in [6.45, 7) is 2.04. The van der Waals surface area contributed by atoms with Gasteiger partial charge in [0.1, 0.15) is 10.6 Å². The average Bonchev–Trinajstić information content (AvgIpc) is 3.25. The first-order chi connectivity index (χ1) is 11.7. The lowest BCUT2D eigenvalue weighted by molar-refractivity contribution is 0.0529.